The largest absolute Gasteiger partial charge is 0.375 e. The molecule has 0 aromatic heterocycles. The summed E-state index contributed by atoms with van der Waals surface area (Å²) >= 11 is 0. The van der Waals surface area contributed by atoms with Crippen LogP contribution >= 0.6 is 0 Å². The van der Waals surface area contributed by atoms with Gasteiger partial charge in [-0.25, -0.2) is 0 Å². The molecule has 88 valence electrons. The van der Waals surface area contributed by atoms with Crippen LogP contribution in [-0.2, 0) is 15.5 Å². The Morgan fingerprint density at radius 3 is 2.93 bits per heavy atom. The SMILES string of the molecule is CS(=O)CCNC1CCOC2(CCC2)C1. The van der Waals surface area contributed by atoms with E-state index in [1.807, 2.05) is 0 Å². The fourth-order valence-corrected chi connectivity index (χ4v) is 2.93. The highest BCUT2D eigenvalue weighted by Crippen LogP contribution is 2.42. The van der Waals surface area contributed by atoms with E-state index in [2.05, 4.69) is 5.32 Å². The smallest absolute Gasteiger partial charge is 0.0697 e. The molecule has 0 aromatic rings. The Hall–Kier alpha value is 0.0700. The van der Waals surface area contributed by atoms with Crippen molar-refractivity contribution in [1.82, 2.24) is 5.32 Å². The van der Waals surface area contributed by atoms with Crippen LogP contribution in [0.25, 0.3) is 0 Å². The highest BCUT2D eigenvalue weighted by atomic mass is 32.2. The van der Waals surface area contributed by atoms with Crippen molar-refractivity contribution < 1.29 is 8.95 Å². The van der Waals surface area contributed by atoms with Crippen molar-refractivity contribution in [1.29, 1.82) is 0 Å². The van der Waals surface area contributed by atoms with E-state index >= 15 is 0 Å². The molecule has 0 amide bonds. The second-order valence-electron chi connectivity index (χ2n) is 4.81. The maximum Gasteiger partial charge on any atom is 0.0697 e. The molecule has 1 aliphatic carbocycles. The first kappa shape index (κ1) is 11.6. The molecule has 2 rings (SSSR count). The van der Waals surface area contributed by atoms with Crippen LogP contribution in [0.4, 0.5) is 0 Å². The van der Waals surface area contributed by atoms with E-state index in [0.717, 1.165) is 31.7 Å². The highest BCUT2D eigenvalue weighted by molar-refractivity contribution is 7.84. The number of rotatable bonds is 4. The molecule has 0 radical (unpaired) electrons. The zero-order valence-corrected chi connectivity index (χ0v) is 10.3. The fourth-order valence-electron chi connectivity index (χ4n) is 2.53. The number of ether oxygens (including phenoxy) is 1. The molecule has 4 heteroatoms. The molecule has 15 heavy (non-hydrogen) atoms. The average molecular weight is 231 g/mol. The monoisotopic (exact) mass is 231 g/mol. The normalized spacial score (nSPS) is 31.1. The predicted molar refractivity (Wildman–Crippen MR) is 62.5 cm³/mol. The first-order valence-corrected chi connectivity index (χ1v) is 7.60. The van der Waals surface area contributed by atoms with Crippen LogP contribution in [0.2, 0.25) is 0 Å². The second kappa shape index (κ2) is 4.93. The lowest BCUT2D eigenvalue weighted by Crippen LogP contribution is -2.51. The molecule has 1 heterocycles. The van der Waals surface area contributed by atoms with Gasteiger partial charge in [0.2, 0.25) is 0 Å². The molecule has 1 spiro atoms. The summed E-state index contributed by atoms with van der Waals surface area (Å²) in [5.74, 6) is 0.768. The van der Waals surface area contributed by atoms with Crippen molar-refractivity contribution in [3.63, 3.8) is 0 Å². The van der Waals surface area contributed by atoms with Gasteiger partial charge in [-0.1, -0.05) is 0 Å². The summed E-state index contributed by atoms with van der Waals surface area (Å²) in [6, 6.07) is 0.586. The quantitative estimate of drug-likeness (QED) is 0.786. The first-order valence-electron chi connectivity index (χ1n) is 5.88. The molecular formula is C11H21NO2S. The summed E-state index contributed by atoms with van der Waals surface area (Å²) in [4.78, 5) is 0. The molecule has 2 atom stereocenters. The lowest BCUT2D eigenvalue weighted by atomic mass is 9.74. The fraction of sp³-hybridized carbons (Fsp3) is 1.00. The van der Waals surface area contributed by atoms with E-state index in [1.165, 1.54) is 19.3 Å². The molecule has 2 fully saturated rings. The van der Waals surface area contributed by atoms with Crippen LogP contribution in [0.5, 0.6) is 0 Å². The Morgan fingerprint density at radius 1 is 1.53 bits per heavy atom. The average Bonchev–Trinajstić information content (AvgIpc) is 2.15. The van der Waals surface area contributed by atoms with Crippen molar-refractivity contribution in [2.45, 2.75) is 43.7 Å². The van der Waals surface area contributed by atoms with Crippen LogP contribution in [-0.4, -0.2) is 41.0 Å². The number of hydrogen-bond acceptors (Lipinski definition) is 3. The van der Waals surface area contributed by atoms with E-state index in [9.17, 15) is 4.21 Å². The minimum atomic E-state index is -0.671. The van der Waals surface area contributed by atoms with Gasteiger partial charge in [0.15, 0.2) is 0 Å². The minimum absolute atomic E-state index is 0.223. The lowest BCUT2D eigenvalue weighted by molar-refractivity contribution is -0.135. The van der Waals surface area contributed by atoms with Gasteiger partial charge in [0.1, 0.15) is 0 Å². The zero-order valence-electron chi connectivity index (χ0n) is 9.46. The first-order chi connectivity index (χ1) is 7.20. The molecule has 3 nitrogen and oxygen atoms in total. The summed E-state index contributed by atoms with van der Waals surface area (Å²) < 4.78 is 16.8. The van der Waals surface area contributed by atoms with E-state index < -0.39 is 10.8 Å². The van der Waals surface area contributed by atoms with Crippen molar-refractivity contribution in [3.05, 3.63) is 0 Å². The Labute approximate surface area is 94.4 Å². The molecule has 1 saturated carbocycles. The van der Waals surface area contributed by atoms with Crippen molar-refractivity contribution in [2.24, 2.45) is 0 Å². The van der Waals surface area contributed by atoms with Crippen LogP contribution in [0, 0.1) is 0 Å². The number of nitrogens with one attached hydrogen (secondary N) is 1. The van der Waals surface area contributed by atoms with Crippen LogP contribution in [0.1, 0.15) is 32.1 Å². The van der Waals surface area contributed by atoms with E-state index in [4.69, 9.17) is 4.74 Å². The van der Waals surface area contributed by atoms with Gasteiger partial charge >= 0.3 is 0 Å². The standard InChI is InChI=1S/C11H21NO2S/c1-15(13)8-6-12-10-3-7-14-11(9-10)4-2-5-11/h10,12H,2-9H2,1H3. The third-order valence-corrected chi connectivity index (χ3v) is 4.36. The molecule has 1 saturated heterocycles. The van der Waals surface area contributed by atoms with Gasteiger partial charge in [-0.2, -0.15) is 0 Å². The maximum absolute atomic E-state index is 10.9. The van der Waals surface area contributed by atoms with Gasteiger partial charge < -0.3 is 10.1 Å². The Balaban J connectivity index is 1.71. The molecule has 1 N–H and O–H groups in total. The third kappa shape index (κ3) is 3.02. The summed E-state index contributed by atoms with van der Waals surface area (Å²) in [6.45, 7) is 1.77. The van der Waals surface area contributed by atoms with Crippen LogP contribution in [0.3, 0.4) is 0 Å². The molecule has 2 unspecified atom stereocenters. The zero-order chi connectivity index (χ0) is 10.7. The van der Waals surface area contributed by atoms with E-state index in [1.54, 1.807) is 6.26 Å². The van der Waals surface area contributed by atoms with Gasteiger partial charge in [-0.15, -0.1) is 0 Å². The van der Waals surface area contributed by atoms with Gasteiger partial charge in [-0.3, -0.25) is 4.21 Å². The molecular weight excluding hydrogens is 210 g/mol. The van der Waals surface area contributed by atoms with E-state index in [0.29, 0.717) is 6.04 Å². The molecule has 0 bridgehead atoms. The molecule has 0 aromatic carbocycles. The summed E-state index contributed by atoms with van der Waals surface area (Å²) in [5, 5.41) is 3.50. The Morgan fingerprint density at radius 2 is 2.33 bits per heavy atom. The summed E-state index contributed by atoms with van der Waals surface area (Å²) in [5.41, 5.74) is 0.223. The maximum atomic E-state index is 10.9. The summed E-state index contributed by atoms with van der Waals surface area (Å²) in [6.07, 6.45) is 7.84. The highest BCUT2D eigenvalue weighted by Gasteiger charge is 2.42. The van der Waals surface area contributed by atoms with Gasteiger partial charge in [0.25, 0.3) is 0 Å². The second-order valence-corrected chi connectivity index (χ2v) is 6.36. The summed E-state index contributed by atoms with van der Waals surface area (Å²) in [7, 11) is -0.671. The number of hydrogen-bond donors (Lipinski definition) is 1. The van der Waals surface area contributed by atoms with Crippen LogP contribution < -0.4 is 5.32 Å². The molecule has 1 aliphatic heterocycles. The van der Waals surface area contributed by atoms with Gasteiger partial charge in [0, 0.05) is 42.0 Å². The predicted octanol–water partition coefficient (Wildman–Crippen LogP) is 1.06. The van der Waals surface area contributed by atoms with Crippen molar-refractivity contribution >= 4 is 10.8 Å². The Bertz CT molecular complexity index is 241. The van der Waals surface area contributed by atoms with E-state index in [-0.39, 0.29) is 5.60 Å². The Kier molecular flexibility index (Phi) is 3.80. The third-order valence-electron chi connectivity index (χ3n) is 3.58. The van der Waals surface area contributed by atoms with Gasteiger partial charge in [0.05, 0.1) is 5.60 Å². The van der Waals surface area contributed by atoms with Crippen molar-refractivity contribution in [2.75, 3.05) is 25.2 Å². The van der Waals surface area contributed by atoms with Crippen molar-refractivity contribution in [3.8, 4) is 0 Å². The minimum Gasteiger partial charge on any atom is -0.375 e. The van der Waals surface area contributed by atoms with Gasteiger partial charge in [-0.05, 0) is 32.1 Å². The van der Waals surface area contributed by atoms with Crippen LogP contribution in [0.15, 0.2) is 0 Å². The lowest BCUT2D eigenvalue weighted by Gasteiger charge is -2.47. The topological polar surface area (TPSA) is 38.3 Å². The molecule has 2 aliphatic rings.